The molecular formula is C19H21FN2O3. The highest BCUT2D eigenvalue weighted by Crippen LogP contribution is 2.13. The topological polar surface area (TPSA) is 78.4 Å². The van der Waals surface area contributed by atoms with Crippen LogP contribution in [0.2, 0.25) is 0 Å². The summed E-state index contributed by atoms with van der Waals surface area (Å²) in [5, 5.41) is 14.6. The van der Waals surface area contributed by atoms with E-state index in [1.54, 1.807) is 24.3 Å². The molecule has 0 aromatic heterocycles. The second-order valence-corrected chi connectivity index (χ2v) is 6.05. The van der Waals surface area contributed by atoms with Crippen molar-refractivity contribution in [2.45, 2.75) is 26.5 Å². The molecule has 6 heteroatoms. The molecule has 1 atom stereocenters. The average molecular weight is 344 g/mol. The summed E-state index contributed by atoms with van der Waals surface area (Å²) in [6.45, 7) is 3.51. The van der Waals surface area contributed by atoms with Gasteiger partial charge in [0.15, 0.2) is 0 Å². The lowest BCUT2D eigenvalue weighted by molar-refractivity contribution is -0.118. The van der Waals surface area contributed by atoms with E-state index in [1.165, 1.54) is 24.3 Å². The number of hydrogen-bond donors (Lipinski definition) is 3. The van der Waals surface area contributed by atoms with Gasteiger partial charge in [0.25, 0.3) is 5.91 Å². The van der Waals surface area contributed by atoms with Crippen LogP contribution in [0.15, 0.2) is 48.5 Å². The van der Waals surface area contributed by atoms with Crippen LogP contribution in [0.3, 0.4) is 0 Å². The Morgan fingerprint density at radius 3 is 2.40 bits per heavy atom. The second kappa shape index (κ2) is 8.39. The predicted octanol–water partition coefficient (Wildman–Crippen LogP) is 2.71. The first-order valence-corrected chi connectivity index (χ1v) is 7.98. The van der Waals surface area contributed by atoms with Crippen LogP contribution in [0.1, 0.15) is 29.8 Å². The summed E-state index contributed by atoms with van der Waals surface area (Å²) in [7, 11) is 0. The number of benzene rings is 2. The predicted molar refractivity (Wildman–Crippen MR) is 93.5 cm³/mol. The molecule has 0 saturated heterocycles. The van der Waals surface area contributed by atoms with Crippen molar-refractivity contribution in [3.05, 3.63) is 65.5 Å². The van der Waals surface area contributed by atoms with Gasteiger partial charge in [0.2, 0.25) is 5.91 Å². The first-order valence-electron chi connectivity index (χ1n) is 7.98. The lowest BCUT2D eigenvalue weighted by Crippen LogP contribution is -2.47. The van der Waals surface area contributed by atoms with Gasteiger partial charge < -0.3 is 15.7 Å². The van der Waals surface area contributed by atoms with E-state index in [9.17, 15) is 14.0 Å². The van der Waals surface area contributed by atoms with Gasteiger partial charge >= 0.3 is 0 Å². The second-order valence-electron chi connectivity index (χ2n) is 6.05. The highest BCUT2D eigenvalue weighted by atomic mass is 19.1. The van der Waals surface area contributed by atoms with Crippen molar-refractivity contribution < 1.29 is 19.1 Å². The van der Waals surface area contributed by atoms with Crippen LogP contribution >= 0.6 is 0 Å². The summed E-state index contributed by atoms with van der Waals surface area (Å²) in [5.74, 6) is -1.39. The largest absolute Gasteiger partial charge is 0.392 e. The third kappa shape index (κ3) is 5.12. The molecule has 0 saturated carbocycles. The van der Waals surface area contributed by atoms with E-state index >= 15 is 0 Å². The molecule has 0 aliphatic heterocycles. The van der Waals surface area contributed by atoms with E-state index in [2.05, 4.69) is 10.6 Å². The van der Waals surface area contributed by atoms with Crippen LogP contribution in [0.5, 0.6) is 0 Å². The molecule has 2 aromatic carbocycles. The number of carbonyl (C=O) groups excluding carboxylic acids is 2. The van der Waals surface area contributed by atoms with Crippen molar-refractivity contribution in [2.75, 3.05) is 5.32 Å². The molecule has 3 N–H and O–H groups in total. The lowest BCUT2D eigenvalue weighted by atomic mass is 10.0. The van der Waals surface area contributed by atoms with Crippen LogP contribution in [0.25, 0.3) is 0 Å². The minimum absolute atomic E-state index is 0.126. The standard InChI is InChI=1S/C19H21FN2O3/c1-12(2)17(22-18(24)14-6-8-15(20)9-7-14)19(25)21-16-5-3-4-13(10-16)11-23/h3-10,12,17,23H,11H2,1-2H3,(H,21,25)(H,22,24). The molecule has 0 aliphatic rings. The quantitative estimate of drug-likeness (QED) is 0.754. The maximum absolute atomic E-state index is 13.0. The zero-order chi connectivity index (χ0) is 18.4. The molecule has 1 unspecified atom stereocenters. The van der Waals surface area contributed by atoms with Crippen LogP contribution in [-0.2, 0) is 11.4 Å². The highest BCUT2D eigenvalue weighted by molar-refractivity contribution is 6.01. The molecule has 2 rings (SSSR count). The van der Waals surface area contributed by atoms with Crippen LogP contribution in [0.4, 0.5) is 10.1 Å². The first kappa shape index (κ1) is 18.6. The van der Waals surface area contributed by atoms with Crippen molar-refractivity contribution in [3.63, 3.8) is 0 Å². The molecule has 0 fully saturated rings. The zero-order valence-corrected chi connectivity index (χ0v) is 14.1. The molecular weight excluding hydrogens is 323 g/mol. The smallest absolute Gasteiger partial charge is 0.251 e. The number of nitrogens with one attached hydrogen (secondary N) is 2. The fourth-order valence-corrected chi connectivity index (χ4v) is 2.33. The molecule has 0 heterocycles. The summed E-state index contributed by atoms with van der Waals surface area (Å²) in [6, 6.07) is 11.2. The van der Waals surface area contributed by atoms with Crippen LogP contribution in [0, 0.1) is 11.7 Å². The van der Waals surface area contributed by atoms with Gasteiger partial charge in [0.1, 0.15) is 11.9 Å². The summed E-state index contributed by atoms with van der Waals surface area (Å²) < 4.78 is 13.0. The molecule has 5 nitrogen and oxygen atoms in total. The number of aliphatic hydroxyl groups excluding tert-OH is 1. The normalized spacial score (nSPS) is 11.9. The molecule has 0 aliphatic carbocycles. The van der Waals surface area contributed by atoms with Crippen molar-refractivity contribution in [2.24, 2.45) is 5.92 Å². The van der Waals surface area contributed by atoms with E-state index in [-0.39, 0.29) is 24.0 Å². The fraction of sp³-hybridized carbons (Fsp3) is 0.263. The van der Waals surface area contributed by atoms with Crippen molar-refractivity contribution in [1.82, 2.24) is 5.32 Å². The number of anilines is 1. The summed E-state index contributed by atoms with van der Waals surface area (Å²) in [5.41, 5.74) is 1.50. The van der Waals surface area contributed by atoms with E-state index in [0.717, 1.165) is 0 Å². The van der Waals surface area contributed by atoms with E-state index in [1.807, 2.05) is 13.8 Å². The van der Waals surface area contributed by atoms with Crippen molar-refractivity contribution in [1.29, 1.82) is 0 Å². The Balaban J connectivity index is 2.09. The zero-order valence-electron chi connectivity index (χ0n) is 14.1. The SMILES string of the molecule is CC(C)C(NC(=O)c1ccc(F)cc1)C(=O)Nc1cccc(CO)c1. The van der Waals surface area contributed by atoms with Gasteiger partial charge in [-0.1, -0.05) is 26.0 Å². The minimum atomic E-state index is -0.754. The fourth-order valence-electron chi connectivity index (χ4n) is 2.33. The number of carbonyl (C=O) groups is 2. The molecule has 0 spiro atoms. The number of hydrogen-bond acceptors (Lipinski definition) is 3. The Morgan fingerprint density at radius 2 is 1.80 bits per heavy atom. The number of amides is 2. The molecule has 2 aromatic rings. The summed E-state index contributed by atoms with van der Waals surface area (Å²) >= 11 is 0. The Morgan fingerprint density at radius 1 is 1.12 bits per heavy atom. The minimum Gasteiger partial charge on any atom is -0.392 e. The van der Waals surface area contributed by atoms with Gasteiger partial charge in [-0.2, -0.15) is 0 Å². The van der Waals surface area contributed by atoms with Crippen molar-refractivity contribution >= 4 is 17.5 Å². The monoisotopic (exact) mass is 344 g/mol. The van der Waals surface area contributed by atoms with E-state index in [0.29, 0.717) is 11.3 Å². The van der Waals surface area contributed by atoms with E-state index < -0.39 is 17.8 Å². The number of aliphatic hydroxyl groups is 1. The lowest BCUT2D eigenvalue weighted by Gasteiger charge is -2.22. The number of halogens is 1. The van der Waals surface area contributed by atoms with E-state index in [4.69, 9.17) is 5.11 Å². The third-order valence-electron chi connectivity index (χ3n) is 3.72. The third-order valence-corrected chi connectivity index (χ3v) is 3.72. The maximum Gasteiger partial charge on any atom is 0.251 e. The first-order chi connectivity index (χ1) is 11.9. The van der Waals surface area contributed by atoms with Gasteiger partial charge in [-0.3, -0.25) is 9.59 Å². The van der Waals surface area contributed by atoms with Gasteiger partial charge in [-0.05, 0) is 47.9 Å². The Kier molecular flexibility index (Phi) is 6.25. The average Bonchev–Trinajstić information content (AvgIpc) is 2.59. The van der Waals surface area contributed by atoms with Crippen molar-refractivity contribution in [3.8, 4) is 0 Å². The molecule has 0 bridgehead atoms. The Bertz CT molecular complexity index is 745. The summed E-state index contributed by atoms with van der Waals surface area (Å²) in [4.78, 5) is 24.8. The highest BCUT2D eigenvalue weighted by Gasteiger charge is 2.24. The van der Waals surface area contributed by atoms with Crippen LogP contribution in [-0.4, -0.2) is 23.0 Å². The van der Waals surface area contributed by atoms with Gasteiger partial charge in [0, 0.05) is 11.3 Å². The van der Waals surface area contributed by atoms with Gasteiger partial charge in [-0.15, -0.1) is 0 Å². The Hall–Kier alpha value is -2.73. The number of rotatable bonds is 6. The molecule has 132 valence electrons. The molecule has 0 radical (unpaired) electrons. The Labute approximate surface area is 145 Å². The molecule has 2 amide bonds. The van der Waals surface area contributed by atoms with Crippen LogP contribution < -0.4 is 10.6 Å². The summed E-state index contributed by atoms with van der Waals surface area (Å²) in [6.07, 6.45) is 0. The van der Waals surface area contributed by atoms with Gasteiger partial charge in [-0.25, -0.2) is 4.39 Å². The molecule has 25 heavy (non-hydrogen) atoms. The van der Waals surface area contributed by atoms with Gasteiger partial charge in [0.05, 0.1) is 6.61 Å². The maximum atomic E-state index is 13.0.